The number of hydrogen-bond donors (Lipinski definition) is 0. The minimum absolute atomic E-state index is 0.0198. The van der Waals surface area contributed by atoms with E-state index in [0.717, 1.165) is 18.5 Å². The lowest BCUT2D eigenvalue weighted by atomic mass is 10.1. The van der Waals surface area contributed by atoms with E-state index >= 15 is 0 Å². The number of nitrogens with zero attached hydrogens (tertiary/aromatic N) is 2. The summed E-state index contributed by atoms with van der Waals surface area (Å²) in [7, 11) is 1.60. The lowest BCUT2D eigenvalue weighted by Gasteiger charge is -2.14. The van der Waals surface area contributed by atoms with Crippen molar-refractivity contribution in [1.82, 2.24) is 9.78 Å². The quantitative estimate of drug-likeness (QED) is 0.772. The fourth-order valence-electron chi connectivity index (χ4n) is 2.32. The molecule has 2 aromatic rings. The van der Waals surface area contributed by atoms with Crippen molar-refractivity contribution in [3.63, 3.8) is 0 Å². The number of carbonyl (C=O) groups is 1. The van der Waals surface area contributed by atoms with Crippen LogP contribution in [0.1, 0.15) is 23.3 Å². The van der Waals surface area contributed by atoms with Crippen molar-refractivity contribution in [2.45, 2.75) is 18.9 Å². The van der Waals surface area contributed by atoms with Gasteiger partial charge in [-0.1, -0.05) is 18.2 Å². The fraction of sp³-hybridized carbons (Fsp3) is 0.333. The minimum atomic E-state index is -0.334. The summed E-state index contributed by atoms with van der Waals surface area (Å²) < 4.78 is 7.04. The highest BCUT2D eigenvalue weighted by Crippen LogP contribution is 2.35. The molecule has 1 saturated carbocycles. The van der Waals surface area contributed by atoms with Crippen LogP contribution in [-0.4, -0.2) is 28.8 Å². The molecule has 0 amide bonds. The van der Waals surface area contributed by atoms with Gasteiger partial charge in [-0.25, -0.2) is 4.68 Å². The van der Waals surface area contributed by atoms with E-state index in [0.29, 0.717) is 11.6 Å². The predicted molar refractivity (Wildman–Crippen MR) is 71.4 cm³/mol. The molecule has 4 nitrogen and oxygen atoms in total. The van der Waals surface area contributed by atoms with Gasteiger partial charge in [0.2, 0.25) is 5.78 Å². The maximum atomic E-state index is 12.5. The second-order valence-corrected chi connectivity index (χ2v) is 4.82. The van der Waals surface area contributed by atoms with Gasteiger partial charge in [0, 0.05) is 7.11 Å². The van der Waals surface area contributed by atoms with Gasteiger partial charge >= 0.3 is 0 Å². The molecule has 19 heavy (non-hydrogen) atoms. The van der Waals surface area contributed by atoms with E-state index in [4.69, 9.17) is 4.74 Å². The van der Waals surface area contributed by atoms with Crippen LogP contribution in [0.15, 0.2) is 42.6 Å². The Balaban J connectivity index is 1.93. The van der Waals surface area contributed by atoms with Crippen molar-refractivity contribution in [3.05, 3.63) is 48.3 Å². The van der Waals surface area contributed by atoms with E-state index in [2.05, 4.69) is 5.10 Å². The molecule has 3 rings (SSSR count). The number of rotatable bonds is 5. The summed E-state index contributed by atoms with van der Waals surface area (Å²) in [6.45, 7) is 0. The van der Waals surface area contributed by atoms with E-state index in [-0.39, 0.29) is 11.9 Å². The zero-order chi connectivity index (χ0) is 13.2. The monoisotopic (exact) mass is 256 g/mol. The third kappa shape index (κ3) is 2.31. The summed E-state index contributed by atoms with van der Waals surface area (Å²) in [6, 6.07) is 11.4. The number of Topliss-reactive ketones (excluding diaryl/α,β-unsaturated/α-hetero) is 1. The van der Waals surface area contributed by atoms with Crippen LogP contribution in [0.5, 0.6) is 0 Å². The molecule has 1 aromatic carbocycles. The number of carbonyl (C=O) groups excluding carboxylic acids is 1. The summed E-state index contributed by atoms with van der Waals surface area (Å²) in [4.78, 5) is 12.5. The molecule has 1 aliphatic carbocycles. The zero-order valence-corrected chi connectivity index (χ0v) is 10.8. The molecule has 0 bridgehead atoms. The van der Waals surface area contributed by atoms with Gasteiger partial charge in [0.25, 0.3) is 0 Å². The molecule has 1 heterocycles. The smallest absolute Gasteiger partial charge is 0.210 e. The molecular weight excluding hydrogens is 240 g/mol. The molecule has 1 atom stereocenters. The normalized spacial score (nSPS) is 16.3. The van der Waals surface area contributed by atoms with Crippen molar-refractivity contribution in [2.75, 3.05) is 7.11 Å². The third-order valence-electron chi connectivity index (χ3n) is 3.46. The topological polar surface area (TPSA) is 44.1 Å². The van der Waals surface area contributed by atoms with Crippen LogP contribution in [0.25, 0.3) is 5.69 Å². The lowest BCUT2D eigenvalue weighted by molar-refractivity contribution is 0.0532. The number of ether oxygens (including phenoxy) is 1. The van der Waals surface area contributed by atoms with Gasteiger partial charge in [0.15, 0.2) is 0 Å². The Morgan fingerprint density at radius 3 is 2.68 bits per heavy atom. The van der Waals surface area contributed by atoms with Crippen molar-refractivity contribution in [3.8, 4) is 5.69 Å². The van der Waals surface area contributed by atoms with Crippen molar-refractivity contribution >= 4 is 5.78 Å². The first-order valence-electron chi connectivity index (χ1n) is 6.47. The number of hydrogen-bond acceptors (Lipinski definition) is 3. The van der Waals surface area contributed by atoms with Gasteiger partial charge in [-0.05, 0) is 37.0 Å². The second-order valence-electron chi connectivity index (χ2n) is 4.82. The first-order chi connectivity index (χ1) is 9.31. The van der Waals surface area contributed by atoms with Crippen LogP contribution in [0.3, 0.4) is 0 Å². The summed E-state index contributed by atoms with van der Waals surface area (Å²) in [5, 5.41) is 4.24. The van der Waals surface area contributed by atoms with Gasteiger partial charge in [-0.15, -0.1) is 0 Å². The van der Waals surface area contributed by atoms with Crippen LogP contribution >= 0.6 is 0 Å². The van der Waals surface area contributed by atoms with Gasteiger partial charge in [-0.2, -0.15) is 5.10 Å². The van der Waals surface area contributed by atoms with E-state index in [1.165, 1.54) is 0 Å². The minimum Gasteiger partial charge on any atom is -0.373 e. The molecule has 0 spiro atoms. The van der Waals surface area contributed by atoms with E-state index in [1.54, 1.807) is 24.1 Å². The molecule has 1 aromatic heterocycles. The third-order valence-corrected chi connectivity index (χ3v) is 3.46. The number of aromatic nitrogens is 2. The highest BCUT2D eigenvalue weighted by molar-refractivity contribution is 5.98. The van der Waals surface area contributed by atoms with Crippen molar-refractivity contribution in [2.24, 2.45) is 5.92 Å². The molecule has 0 radical (unpaired) electrons. The molecule has 0 N–H and O–H groups in total. The molecule has 98 valence electrons. The number of ketones is 1. The Morgan fingerprint density at radius 2 is 2.05 bits per heavy atom. The van der Waals surface area contributed by atoms with Crippen LogP contribution in [0.2, 0.25) is 0 Å². The van der Waals surface area contributed by atoms with Crippen molar-refractivity contribution < 1.29 is 9.53 Å². The fourth-order valence-corrected chi connectivity index (χ4v) is 2.32. The van der Waals surface area contributed by atoms with E-state index in [9.17, 15) is 4.79 Å². The lowest BCUT2D eigenvalue weighted by Crippen LogP contribution is -2.27. The highest BCUT2D eigenvalue weighted by Gasteiger charge is 2.37. The van der Waals surface area contributed by atoms with Crippen LogP contribution in [0.4, 0.5) is 0 Å². The average molecular weight is 256 g/mol. The Morgan fingerprint density at radius 1 is 1.32 bits per heavy atom. The summed E-state index contributed by atoms with van der Waals surface area (Å²) in [6.07, 6.45) is 3.46. The maximum Gasteiger partial charge on any atom is 0.210 e. The molecular formula is C15H16N2O2. The first kappa shape index (κ1) is 12.1. The maximum absolute atomic E-state index is 12.5. The summed E-state index contributed by atoms with van der Waals surface area (Å²) in [5.74, 6) is 0.392. The van der Waals surface area contributed by atoms with Gasteiger partial charge in [-0.3, -0.25) is 4.79 Å². The SMILES string of the molecule is COC(C(=O)c1ccnn1-c1ccccc1)C1CC1. The molecule has 1 aliphatic rings. The summed E-state index contributed by atoms with van der Waals surface area (Å²) in [5.41, 5.74) is 1.48. The standard InChI is InChI=1S/C15H16N2O2/c1-19-15(11-7-8-11)14(18)13-9-10-16-17(13)12-5-3-2-4-6-12/h2-6,9-11,15H,7-8H2,1H3. The van der Waals surface area contributed by atoms with Gasteiger partial charge in [0.1, 0.15) is 11.8 Å². The van der Waals surface area contributed by atoms with Crippen molar-refractivity contribution in [1.29, 1.82) is 0 Å². The molecule has 0 saturated heterocycles. The second kappa shape index (κ2) is 4.97. The van der Waals surface area contributed by atoms with Crippen LogP contribution in [-0.2, 0) is 4.74 Å². The Kier molecular flexibility index (Phi) is 3.17. The Labute approximate surface area is 112 Å². The summed E-state index contributed by atoms with van der Waals surface area (Å²) >= 11 is 0. The zero-order valence-electron chi connectivity index (χ0n) is 10.8. The number of methoxy groups -OCH3 is 1. The molecule has 1 unspecified atom stereocenters. The molecule has 0 aliphatic heterocycles. The van der Waals surface area contributed by atoms with E-state index in [1.807, 2.05) is 30.3 Å². The molecule has 4 heteroatoms. The Hall–Kier alpha value is -1.94. The average Bonchev–Trinajstić information content (AvgIpc) is 3.16. The van der Waals surface area contributed by atoms with E-state index < -0.39 is 0 Å². The Bertz CT molecular complexity index is 573. The van der Waals surface area contributed by atoms with Gasteiger partial charge in [0.05, 0.1) is 11.9 Å². The number of benzene rings is 1. The van der Waals surface area contributed by atoms with Gasteiger partial charge < -0.3 is 4.74 Å². The number of para-hydroxylation sites is 1. The molecule has 1 fully saturated rings. The first-order valence-corrected chi connectivity index (χ1v) is 6.47. The van der Waals surface area contributed by atoms with Crippen LogP contribution in [0, 0.1) is 5.92 Å². The highest BCUT2D eigenvalue weighted by atomic mass is 16.5. The predicted octanol–water partition coefficient (Wildman–Crippen LogP) is 2.48. The van der Waals surface area contributed by atoms with Crippen LogP contribution < -0.4 is 0 Å². The largest absolute Gasteiger partial charge is 0.373 e.